The molecule has 0 heterocycles. The van der Waals surface area contributed by atoms with Crippen molar-refractivity contribution in [3.8, 4) is 0 Å². The summed E-state index contributed by atoms with van der Waals surface area (Å²) in [5, 5.41) is 12.5. The van der Waals surface area contributed by atoms with Crippen molar-refractivity contribution >= 4 is 11.4 Å². The second kappa shape index (κ2) is 4.86. The largest absolute Gasteiger partial charge is 0.399 e. The predicted molar refractivity (Wildman–Crippen MR) is 60.4 cm³/mol. The Bertz CT molecular complexity index is 279. The van der Waals surface area contributed by atoms with Gasteiger partial charge in [-0.2, -0.15) is 0 Å². The van der Waals surface area contributed by atoms with Crippen molar-refractivity contribution < 1.29 is 5.11 Å². The summed E-state index contributed by atoms with van der Waals surface area (Å²) in [6, 6.07) is 5.80. The van der Waals surface area contributed by atoms with Crippen LogP contribution in [0.3, 0.4) is 0 Å². The average molecular weight is 194 g/mol. The zero-order chi connectivity index (χ0) is 10.6. The number of hydrogen-bond acceptors (Lipinski definition) is 3. The van der Waals surface area contributed by atoms with Gasteiger partial charge in [0.05, 0.1) is 6.10 Å². The lowest BCUT2D eigenvalue weighted by molar-refractivity contribution is 0.183. The standard InChI is InChI=1S/C11H18N2O/c1-3-11(14)7-13-10-5-8(2)4-9(12)6-10/h4-6,11,13-14H,3,7,12H2,1-2H3. The minimum Gasteiger partial charge on any atom is -0.399 e. The third-order valence-electron chi connectivity index (χ3n) is 2.11. The number of hydrogen-bond donors (Lipinski definition) is 3. The molecule has 0 aliphatic rings. The van der Waals surface area contributed by atoms with Gasteiger partial charge in [-0.25, -0.2) is 0 Å². The monoisotopic (exact) mass is 194 g/mol. The van der Waals surface area contributed by atoms with Crippen LogP contribution in [0, 0.1) is 6.92 Å². The summed E-state index contributed by atoms with van der Waals surface area (Å²) in [5.74, 6) is 0. The first-order valence-corrected chi connectivity index (χ1v) is 4.91. The summed E-state index contributed by atoms with van der Waals surface area (Å²) in [6.07, 6.45) is 0.464. The third-order valence-corrected chi connectivity index (χ3v) is 2.11. The van der Waals surface area contributed by atoms with Crippen LogP contribution in [0.5, 0.6) is 0 Å². The molecule has 1 aromatic rings. The van der Waals surface area contributed by atoms with Gasteiger partial charge < -0.3 is 16.2 Å². The first kappa shape index (κ1) is 10.9. The molecule has 14 heavy (non-hydrogen) atoms. The van der Waals surface area contributed by atoms with E-state index < -0.39 is 0 Å². The van der Waals surface area contributed by atoms with Crippen molar-refractivity contribution in [1.29, 1.82) is 0 Å². The number of benzene rings is 1. The van der Waals surface area contributed by atoms with Gasteiger partial charge in [-0.3, -0.25) is 0 Å². The quantitative estimate of drug-likeness (QED) is 0.640. The maximum atomic E-state index is 9.36. The molecule has 0 aliphatic heterocycles. The molecule has 4 N–H and O–H groups in total. The first-order chi connectivity index (χ1) is 6.61. The predicted octanol–water partition coefficient (Wildman–Crippen LogP) is 1.76. The first-order valence-electron chi connectivity index (χ1n) is 4.91. The Kier molecular flexibility index (Phi) is 3.77. The van der Waals surface area contributed by atoms with Crippen LogP contribution < -0.4 is 11.1 Å². The summed E-state index contributed by atoms with van der Waals surface area (Å²) in [6.45, 7) is 4.52. The maximum Gasteiger partial charge on any atom is 0.0709 e. The highest BCUT2D eigenvalue weighted by Gasteiger charge is 2.00. The van der Waals surface area contributed by atoms with E-state index in [1.165, 1.54) is 0 Å². The topological polar surface area (TPSA) is 58.3 Å². The SMILES string of the molecule is CCC(O)CNc1cc(C)cc(N)c1. The minimum absolute atomic E-state index is 0.295. The Labute approximate surface area is 84.9 Å². The zero-order valence-electron chi connectivity index (χ0n) is 8.75. The van der Waals surface area contributed by atoms with Crippen LogP contribution in [-0.4, -0.2) is 17.8 Å². The Morgan fingerprint density at radius 1 is 1.43 bits per heavy atom. The van der Waals surface area contributed by atoms with Crippen molar-refractivity contribution in [3.05, 3.63) is 23.8 Å². The van der Waals surface area contributed by atoms with E-state index in [2.05, 4.69) is 5.32 Å². The maximum absolute atomic E-state index is 9.36. The number of aliphatic hydroxyl groups is 1. The molecule has 0 amide bonds. The molecule has 0 saturated heterocycles. The molecule has 0 spiro atoms. The van der Waals surface area contributed by atoms with E-state index in [9.17, 15) is 5.11 Å². The molecule has 0 radical (unpaired) electrons. The van der Waals surface area contributed by atoms with E-state index in [0.717, 1.165) is 23.4 Å². The van der Waals surface area contributed by atoms with Gasteiger partial charge >= 0.3 is 0 Å². The fourth-order valence-electron chi connectivity index (χ4n) is 1.29. The molecule has 1 rings (SSSR count). The number of nitrogen functional groups attached to an aromatic ring is 1. The molecule has 1 atom stereocenters. The smallest absolute Gasteiger partial charge is 0.0709 e. The lowest BCUT2D eigenvalue weighted by atomic mass is 10.2. The highest BCUT2D eigenvalue weighted by molar-refractivity contribution is 5.56. The lowest BCUT2D eigenvalue weighted by Gasteiger charge is -2.11. The van der Waals surface area contributed by atoms with Crippen LogP contribution in [0.15, 0.2) is 18.2 Å². The molecule has 0 bridgehead atoms. The zero-order valence-corrected chi connectivity index (χ0v) is 8.75. The summed E-state index contributed by atoms with van der Waals surface area (Å²) >= 11 is 0. The van der Waals surface area contributed by atoms with Crippen molar-refractivity contribution in [1.82, 2.24) is 0 Å². The van der Waals surface area contributed by atoms with Gasteiger partial charge in [-0.1, -0.05) is 6.92 Å². The van der Waals surface area contributed by atoms with Crippen LogP contribution in [0.25, 0.3) is 0 Å². The molecule has 0 aromatic heterocycles. The molecule has 3 heteroatoms. The number of nitrogens with one attached hydrogen (secondary N) is 1. The summed E-state index contributed by atoms with van der Waals surface area (Å²) in [4.78, 5) is 0. The van der Waals surface area contributed by atoms with Crippen LogP contribution in [-0.2, 0) is 0 Å². The highest BCUT2D eigenvalue weighted by atomic mass is 16.3. The Balaban J connectivity index is 2.58. The third kappa shape index (κ3) is 3.26. The van der Waals surface area contributed by atoms with Crippen molar-refractivity contribution in [2.45, 2.75) is 26.4 Å². The fourth-order valence-corrected chi connectivity index (χ4v) is 1.29. The van der Waals surface area contributed by atoms with Gasteiger partial charge in [0.15, 0.2) is 0 Å². The van der Waals surface area contributed by atoms with Crippen LogP contribution in [0.2, 0.25) is 0 Å². The number of anilines is 2. The van der Waals surface area contributed by atoms with Gasteiger partial charge in [0, 0.05) is 17.9 Å². The van der Waals surface area contributed by atoms with E-state index in [1.54, 1.807) is 0 Å². The number of nitrogens with two attached hydrogens (primary N) is 1. The van der Waals surface area contributed by atoms with Gasteiger partial charge in [0.25, 0.3) is 0 Å². The van der Waals surface area contributed by atoms with Crippen molar-refractivity contribution in [2.75, 3.05) is 17.6 Å². The van der Waals surface area contributed by atoms with E-state index in [4.69, 9.17) is 5.73 Å². The molecular formula is C11H18N2O. The minimum atomic E-state index is -0.295. The molecule has 1 unspecified atom stereocenters. The molecule has 3 nitrogen and oxygen atoms in total. The van der Waals surface area contributed by atoms with Crippen molar-refractivity contribution in [2.24, 2.45) is 0 Å². The summed E-state index contributed by atoms with van der Waals surface area (Å²) < 4.78 is 0. The van der Waals surface area contributed by atoms with Crippen molar-refractivity contribution in [3.63, 3.8) is 0 Å². The van der Waals surface area contributed by atoms with Gasteiger partial charge in [-0.05, 0) is 37.1 Å². The summed E-state index contributed by atoms with van der Waals surface area (Å²) in [7, 11) is 0. The lowest BCUT2D eigenvalue weighted by Crippen LogP contribution is -2.18. The average Bonchev–Trinajstić information content (AvgIpc) is 2.12. The normalized spacial score (nSPS) is 12.5. The number of aliphatic hydroxyl groups excluding tert-OH is 1. The Morgan fingerprint density at radius 2 is 2.14 bits per heavy atom. The molecule has 0 fully saturated rings. The molecule has 1 aromatic carbocycles. The molecule has 0 aliphatic carbocycles. The van der Waals surface area contributed by atoms with E-state index in [0.29, 0.717) is 6.54 Å². The molecule has 0 saturated carbocycles. The second-order valence-corrected chi connectivity index (χ2v) is 3.58. The number of rotatable bonds is 4. The van der Waals surface area contributed by atoms with E-state index in [-0.39, 0.29) is 6.10 Å². The highest BCUT2D eigenvalue weighted by Crippen LogP contribution is 2.15. The second-order valence-electron chi connectivity index (χ2n) is 3.58. The molecule has 78 valence electrons. The van der Waals surface area contributed by atoms with Crippen LogP contribution in [0.1, 0.15) is 18.9 Å². The van der Waals surface area contributed by atoms with Crippen LogP contribution in [0.4, 0.5) is 11.4 Å². The van der Waals surface area contributed by atoms with Crippen LogP contribution >= 0.6 is 0 Å². The summed E-state index contributed by atoms with van der Waals surface area (Å²) in [5.41, 5.74) is 8.54. The Morgan fingerprint density at radius 3 is 2.71 bits per heavy atom. The Hall–Kier alpha value is -1.22. The van der Waals surface area contributed by atoms with Gasteiger partial charge in [0.2, 0.25) is 0 Å². The van der Waals surface area contributed by atoms with E-state index in [1.807, 2.05) is 32.0 Å². The van der Waals surface area contributed by atoms with E-state index >= 15 is 0 Å². The van der Waals surface area contributed by atoms with Gasteiger partial charge in [0.1, 0.15) is 0 Å². The molecular weight excluding hydrogens is 176 g/mol. The fraction of sp³-hybridized carbons (Fsp3) is 0.455. The van der Waals surface area contributed by atoms with Gasteiger partial charge in [-0.15, -0.1) is 0 Å². The number of aryl methyl sites for hydroxylation is 1.